The molecule has 4 heteroatoms. The molecule has 4 nitrogen and oxygen atoms in total. The summed E-state index contributed by atoms with van der Waals surface area (Å²) in [5.74, 6) is -0.124. The van der Waals surface area contributed by atoms with Gasteiger partial charge in [-0.15, -0.1) is 0 Å². The highest BCUT2D eigenvalue weighted by molar-refractivity contribution is 5.84. The Kier molecular flexibility index (Phi) is 5.87. The minimum Gasteiger partial charge on any atom is -0.318 e. The number of aromatic nitrogens is 1. The molecule has 0 aliphatic carbocycles. The van der Waals surface area contributed by atoms with Crippen LogP contribution in [0.2, 0.25) is 0 Å². The Morgan fingerprint density at radius 2 is 1.74 bits per heavy atom. The average molecular weight is 359 g/mol. The number of nitrogens with one attached hydrogen (secondary N) is 1. The van der Waals surface area contributed by atoms with Gasteiger partial charge in [-0.25, -0.2) is 5.43 Å². The normalized spacial score (nSPS) is 11.1. The zero-order chi connectivity index (χ0) is 19.2. The summed E-state index contributed by atoms with van der Waals surface area (Å²) >= 11 is 0. The van der Waals surface area contributed by atoms with Crippen molar-refractivity contribution in [2.24, 2.45) is 5.10 Å². The summed E-state index contributed by atoms with van der Waals surface area (Å²) in [5, 5.41) is 4.14. The molecular weight excluding hydrogens is 334 g/mol. The number of carbonyl (C=O) groups is 1. The lowest BCUT2D eigenvalue weighted by atomic mass is 10.1. The number of hydrazone groups is 1. The maximum Gasteiger partial charge on any atom is 0.244 e. The van der Waals surface area contributed by atoms with Gasteiger partial charge >= 0.3 is 0 Å². The highest BCUT2D eigenvalue weighted by Crippen LogP contribution is 2.20. The summed E-state index contributed by atoms with van der Waals surface area (Å²) in [4.78, 5) is 12.0. The predicted molar refractivity (Wildman–Crippen MR) is 111 cm³/mol. The molecule has 0 unspecified atom stereocenters. The van der Waals surface area contributed by atoms with Gasteiger partial charge in [0.2, 0.25) is 5.91 Å². The van der Waals surface area contributed by atoms with E-state index in [4.69, 9.17) is 0 Å². The number of benzene rings is 2. The van der Waals surface area contributed by atoms with Crippen LogP contribution >= 0.6 is 0 Å². The van der Waals surface area contributed by atoms with Crippen LogP contribution in [0.1, 0.15) is 35.0 Å². The number of hydrogen-bond donors (Lipinski definition) is 1. The molecule has 1 heterocycles. The van der Waals surface area contributed by atoms with Gasteiger partial charge in [-0.3, -0.25) is 4.79 Å². The van der Waals surface area contributed by atoms with Crippen LogP contribution in [-0.2, 0) is 17.6 Å². The van der Waals surface area contributed by atoms with Crippen molar-refractivity contribution < 1.29 is 4.79 Å². The van der Waals surface area contributed by atoms with Gasteiger partial charge in [0, 0.05) is 22.6 Å². The summed E-state index contributed by atoms with van der Waals surface area (Å²) in [6.07, 6.45) is 3.06. The summed E-state index contributed by atoms with van der Waals surface area (Å²) in [7, 11) is 0. The number of amides is 1. The minimum atomic E-state index is -0.124. The minimum absolute atomic E-state index is 0.124. The highest BCUT2D eigenvalue weighted by Gasteiger charge is 2.09. The van der Waals surface area contributed by atoms with E-state index in [1.54, 1.807) is 6.21 Å². The van der Waals surface area contributed by atoms with Crippen molar-refractivity contribution in [3.05, 3.63) is 88.7 Å². The maximum atomic E-state index is 12.0. The molecule has 3 aromatic rings. The fourth-order valence-electron chi connectivity index (χ4n) is 3.19. The van der Waals surface area contributed by atoms with Crippen LogP contribution in [0.25, 0.3) is 5.69 Å². The van der Waals surface area contributed by atoms with Crippen molar-refractivity contribution in [1.82, 2.24) is 9.99 Å². The van der Waals surface area contributed by atoms with Crippen molar-refractivity contribution >= 4 is 12.1 Å². The van der Waals surface area contributed by atoms with Crippen molar-refractivity contribution in [3.8, 4) is 5.69 Å². The molecule has 0 radical (unpaired) electrons. The van der Waals surface area contributed by atoms with E-state index in [1.807, 2.05) is 30.3 Å². The number of nitrogens with zero attached hydrogens (tertiary/aromatic N) is 2. The molecule has 3 rings (SSSR count). The maximum absolute atomic E-state index is 12.0. The average Bonchev–Trinajstić information content (AvgIpc) is 2.96. The molecule has 138 valence electrons. The van der Waals surface area contributed by atoms with Gasteiger partial charge in [-0.1, -0.05) is 49.4 Å². The van der Waals surface area contributed by atoms with E-state index in [1.165, 1.54) is 5.56 Å². The Balaban J connectivity index is 1.70. The van der Waals surface area contributed by atoms with Crippen LogP contribution in [0.5, 0.6) is 0 Å². The second kappa shape index (κ2) is 8.49. The quantitative estimate of drug-likeness (QED) is 0.516. The lowest BCUT2D eigenvalue weighted by Gasteiger charge is -2.10. The van der Waals surface area contributed by atoms with Crippen LogP contribution in [0, 0.1) is 13.8 Å². The third-order valence-electron chi connectivity index (χ3n) is 4.67. The molecule has 2 aromatic carbocycles. The molecule has 1 amide bonds. The predicted octanol–water partition coefficient (Wildman–Crippen LogP) is 4.35. The summed E-state index contributed by atoms with van der Waals surface area (Å²) in [6, 6.07) is 20.3. The molecule has 0 spiro atoms. The fraction of sp³-hybridized carbons (Fsp3) is 0.217. The molecule has 0 bridgehead atoms. The van der Waals surface area contributed by atoms with Crippen LogP contribution in [-0.4, -0.2) is 16.7 Å². The van der Waals surface area contributed by atoms with E-state index in [0.717, 1.165) is 34.6 Å². The fourth-order valence-corrected chi connectivity index (χ4v) is 3.19. The molecule has 0 aliphatic heterocycles. The van der Waals surface area contributed by atoms with Gasteiger partial charge in [0.1, 0.15) is 0 Å². The van der Waals surface area contributed by atoms with Crippen molar-refractivity contribution in [3.63, 3.8) is 0 Å². The van der Waals surface area contributed by atoms with Crippen LogP contribution < -0.4 is 5.43 Å². The second-order valence-corrected chi connectivity index (χ2v) is 6.64. The van der Waals surface area contributed by atoms with E-state index in [-0.39, 0.29) is 5.91 Å². The molecule has 0 saturated carbocycles. The number of hydrogen-bond acceptors (Lipinski definition) is 2. The van der Waals surface area contributed by atoms with Gasteiger partial charge < -0.3 is 4.57 Å². The van der Waals surface area contributed by atoms with Crippen LogP contribution in [0.15, 0.2) is 65.8 Å². The lowest BCUT2D eigenvalue weighted by molar-refractivity contribution is -0.120. The van der Waals surface area contributed by atoms with E-state index < -0.39 is 0 Å². The Bertz CT molecular complexity index is 938. The van der Waals surface area contributed by atoms with E-state index in [0.29, 0.717) is 6.42 Å². The molecule has 0 fully saturated rings. The first kappa shape index (κ1) is 18.6. The standard InChI is InChI=1S/C23H25N3O/c1-4-19-10-12-22(13-11-19)26-17(2)14-21(18(26)3)16-24-25-23(27)15-20-8-6-5-7-9-20/h5-14,16H,4,15H2,1-3H3,(H,25,27)/b24-16-. The van der Waals surface area contributed by atoms with E-state index in [2.05, 4.69) is 66.2 Å². The van der Waals surface area contributed by atoms with Gasteiger partial charge in [0.15, 0.2) is 0 Å². The SMILES string of the molecule is CCc1ccc(-n2c(C)cc(/C=N\NC(=O)Cc3ccccc3)c2C)cc1. The first-order chi connectivity index (χ1) is 13.1. The van der Waals surface area contributed by atoms with Crippen molar-refractivity contribution in [2.75, 3.05) is 0 Å². The topological polar surface area (TPSA) is 46.4 Å². The Labute approximate surface area is 160 Å². The third-order valence-corrected chi connectivity index (χ3v) is 4.67. The molecule has 0 aliphatic rings. The van der Waals surface area contributed by atoms with Crippen LogP contribution in [0.4, 0.5) is 0 Å². The number of aryl methyl sites for hydroxylation is 2. The monoisotopic (exact) mass is 359 g/mol. The van der Waals surface area contributed by atoms with Crippen LogP contribution in [0.3, 0.4) is 0 Å². The van der Waals surface area contributed by atoms with E-state index >= 15 is 0 Å². The second-order valence-electron chi connectivity index (χ2n) is 6.64. The molecule has 1 N–H and O–H groups in total. The molecule has 0 atom stereocenters. The zero-order valence-corrected chi connectivity index (χ0v) is 16.1. The lowest BCUT2D eigenvalue weighted by Crippen LogP contribution is -2.19. The first-order valence-corrected chi connectivity index (χ1v) is 9.22. The van der Waals surface area contributed by atoms with Gasteiger partial charge in [-0.05, 0) is 49.6 Å². The number of rotatable bonds is 6. The Morgan fingerprint density at radius 1 is 1.04 bits per heavy atom. The Morgan fingerprint density at radius 3 is 2.41 bits per heavy atom. The summed E-state index contributed by atoms with van der Waals surface area (Å²) in [5.41, 5.74) is 9.26. The summed E-state index contributed by atoms with van der Waals surface area (Å²) in [6.45, 7) is 6.29. The van der Waals surface area contributed by atoms with Gasteiger partial charge in [0.25, 0.3) is 0 Å². The molecule has 27 heavy (non-hydrogen) atoms. The smallest absolute Gasteiger partial charge is 0.244 e. The number of carbonyl (C=O) groups excluding carboxylic acids is 1. The van der Waals surface area contributed by atoms with E-state index in [9.17, 15) is 4.79 Å². The molecule has 0 saturated heterocycles. The van der Waals surface area contributed by atoms with Gasteiger partial charge in [-0.2, -0.15) is 5.10 Å². The molecular formula is C23H25N3O. The molecule has 1 aromatic heterocycles. The summed E-state index contributed by atoms with van der Waals surface area (Å²) < 4.78 is 2.20. The third kappa shape index (κ3) is 4.53. The Hall–Kier alpha value is -3.14. The van der Waals surface area contributed by atoms with Crippen molar-refractivity contribution in [1.29, 1.82) is 0 Å². The largest absolute Gasteiger partial charge is 0.318 e. The van der Waals surface area contributed by atoms with Crippen molar-refractivity contribution in [2.45, 2.75) is 33.6 Å². The van der Waals surface area contributed by atoms with Gasteiger partial charge in [0.05, 0.1) is 12.6 Å². The highest BCUT2D eigenvalue weighted by atomic mass is 16.2. The zero-order valence-electron chi connectivity index (χ0n) is 16.1. The first-order valence-electron chi connectivity index (χ1n) is 9.22.